The van der Waals surface area contributed by atoms with Crippen LogP contribution in [0.25, 0.3) is 0 Å². The highest BCUT2D eigenvalue weighted by Gasteiger charge is 2.20. The summed E-state index contributed by atoms with van der Waals surface area (Å²) in [7, 11) is -1.29. The van der Waals surface area contributed by atoms with Crippen molar-refractivity contribution in [2.24, 2.45) is 0 Å². The molecule has 1 N–H and O–H groups in total. The summed E-state index contributed by atoms with van der Waals surface area (Å²) < 4.78 is 29.8. The zero-order valence-corrected chi connectivity index (χ0v) is 11.3. The number of alkyl halides is 1. The van der Waals surface area contributed by atoms with Gasteiger partial charge in [-0.25, -0.2) is 9.52 Å². The molecule has 0 aliphatic rings. The Morgan fingerprint density at radius 2 is 2.13 bits per heavy atom. The minimum Gasteiger partial charge on any atom is -0.452 e. The molecule has 1 unspecified atom stereocenters. The summed E-state index contributed by atoms with van der Waals surface area (Å²) in [6.07, 6.45) is -0.341. The zero-order valence-electron chi connectivity index (χ0n) is 8.86. The van der Waals surface area contributed by atoms with E-state index in [0.29, 0.717) is 13.0 Å². The van der Waals surface area contributed by atoms with Crippen molar-refractivity contribution in [2.75, 3.05) is 20.7 Å². The lowest BCUT2D eigenvalue weighted by molar-refractivity contribution is 0.177. The van der Waals surface area contributed by atoms with Crippen molar-refractivity contribution in [3.8, 4) is 0 Å². The second kappa shape index (κ2) is 6.29. The van der Waals surface area contributed by atoms with E-state index in [4.69, 9.17) is 0 Å². The van der Waals surface area contributed by atoms with E-state index in [2.05, 4.69) is 20.7 Å². The molecular weight excluding hydrogens is 288 g/mol. The first-order valence-electron chi connectivity index (χ1n) is 4.25. The van der Waals surface area contributed by atoms with Gasteiger partial charge in [0.05, 0.1) is 7.11 Å². The third-order valence-electron chi connectivity index (χ3n) is 1.65. The molecule has 0 aliphatic heterocycles. The van der Waals surface area contributed by atoms with Crippen LogP contribution < -0.4 is 4.72 Å². The maximum absolute atomic E-state index is 11.4. The first kappa shape index (κ1) is 14.7. The fourth-order valence-corrected chi connectivity index (χ4v) is 1.71. The van der Waals surface area contributed by atoms with E-state index in [0.717, 1.165) is 11.4 Å². The summed E-state index contributed by atoms with van der Waals surface area (Å²) in [6, 6.07) is 0. The first-order chi connectivity index (χ1) is 6.79. The van der Waals surface area contributed by atoms with Crippen molar-refractivity contribution in [3.63, 3.8) is 0 Å². The van der Waals surface area contributed by atoms with E-state index in [1.165, 1.54) is 7.05 Å². The zero-order chi connectivity index (χ0) is 12.1. The van der Waals surface area contributed by atoms with E-state index in [9.17, 15) is 13.2 Å². The average molecular weight is 303 g/mol. The van der Waals surface area contributed by atoms with E-state index in [-0.39, 0.29) is 4.83 Å². The Hall–Kier alpha value is -0.340. The molecule has 1 atom stereocenters. The quantitative estimate of drug-likeness (QED) is 0.758. The molecular formula is C7H15BrN2O4S. The van der Waals surface area contributed by atoms with E-state index < -0.39 is 16.3 Å². The normalized spacial score (nSPS) is 13.7. The SMILES string of the molecule is COC(=O)NS(=O)(=O)N(C)CCC(C)Br. The van der Waals surface area contributed by atoms with Crippen molar-refractivity contribution >= 4 is 32.2 Å². The number of carbonyl (C=O) groups is 1. The third kappa shape index (κ3) is 5.95. The maximum atomic E-state index is 11.4. The lowest BCUT2D eigenvalue weighted by Crippen LogP contribution is -2.42. The number of hydrogen-bond donors (Lipinski definition) is 1. The van der Waals surface area contributed by atoms with Gasteiger partial charge in [0.1, 0.15) is 0 Å². The summed E-state index contributed by atoms with van der Waals surface area (Å²) in [5, 5.41) is 0. The van der Waals surface area contributed by atoms with Gasteiger partial charge >= 0.3 is 16.3 Å². The smallest absolute Gasteiger partial charge is 0.421 e. The van der Waals surface area contributed by atoms with E-state index in [1.54, 1.807) is 4.72 Å². The number of methoxy groups -OCH3 is 1. The first-order valence-corrected chi connectivity index (χ1v) is 6.61. The minimum atomic E-state index is -3.78. The Bertz CT molecular complexity index is 304. The number of amides is 1. The van der Waals surface area contributed by atoms with Crippen molar-refractivity contribution in [1.82, 2.24) is 9.03 Å². The molecule has 8 heteroatoms. The molecule has 15 heavy (non-hydrogen) atoms. The van der Waals surface area contributed by atoms with Crippen LogP contribution in [0.5, 0.6) is 0 Å². The van der Waals surface area contributed by atoms with Crippen LogP contribution in [-0.4, -0.2) is 44.3 Å². The fraction of sp³-hybridized carbons (Fsp3) is 0.857. The average Bonchev–Trinajstić information content (AvgIpc) is 2.13. The Labute approximate surface area is 98.3 Å². The molecule has 0 aliphatic carbocycles. The van der Waals surface area contributed by atoms with Crippen LogP contribution in [0.2, 0.25) is 0 Å². The highest BCUT2D eigenvalue weighted by Crippen LogP contribution is 2.05. The summed E-state index contributed by atoms with van der Waals surface area (Å²) >= 11 is 3.30. The molecule has 90 valence electrons. The predicted molar refractivity (Wildman–Crippen MR) is 60.1 cm³/mol. The molecule has 0 aromatic carbocycles. The maximum Gasteiger partial charge on any atom is 0.421 e. The van der Waals surface area contributed by atoms with Gasteiger partial charge in [0.25, 0.3) is 0 Å². The Morgan fingerprint density at radius 3 is 2.53 bits per heavy atom. The molecule has 6 nitrogen and oxygen atoms in total. The predicted octanol–water partition coefficient (Wildman–Crippen LogP) is 0.693. The van der Waals surface area contributed by atoms with Crippen LogP contribution in [0.15, 0.2) is 0 Å². The summed E-state index contributed by atoms with van der Waals surface area (Å²) in [4.78, 5) is 10.9. The molecule has 0 spiro atoms. The van der Waals surface area contributed by atoms with E-state index in [1.807, 2.05) is 6.92 Å². The van der Waals surface area contributed by atoms with Gasteiger partial charge in [0.15, 0.2) is 0 Å². The number of hydrogen-bond acceptors (Lipinski definition) is 4. The largest absolute Gasteiger partial charge is 0.452 e. The van der Waals surface area contributed by atoms with E-state index >= 15 is 0 Å². The van der Waals surface area contributed by atoms with Gasteiger partial charge in [-0.15, -0.1) is 0 Å². The second-order valence-electron chi connectivity index (χ2n) is 2.99. The third-order valence-corrected chi connectivity index (χ3v) is 3.54. The number of nitrogens with zero attached hydrogens (tertiary/aromatic N) is 1. The number of carbonyl (C=O) groups excluding carboxylic acids is 1. The van der Waals surface area contributed by atoms with Crippen LogP contribution in [0.1, 0.15) is 13.3 Å². The molecule has 0 saturated heterocycles. The van der Waals surface area contributed by atoms with Crippen molar-refractivity contribution in [2.45, 2.75) is 18.2 Å². The van der Waals surface area contributed by atoms with Crippen LogP contribution in [-0.2, 0) is 14.9 Å². The standard InChI is InChI=1S/C7H15BrN2O4S/c1-6(8)4-5-10(2)15(12,13)9-7(11)14-3/h6H,4-5H2,1-3H3,(H,9,11). The van der Waals surface area contributed by atoms with Gasteiger partial charge in [-0.05, 0) is 6.42 Å². The molecule has 1 amide bonds. The summed E-state index contributed by atoms with van der Waals surface area (Å²) in [5.74, 6) is 0. The molecule has 0 radical (unpaired) electrons. The van der Waals surface area contributed by atoms with Gasteiger partial charge in [0.2, 0.25) is 0 Å². The molecule has 0 rings (SSSR count). The number of ether oxygens (including phenoxy) is 1. The number of rotatable bonds is 5. The van der Waals surface area contributed by atoms with Crippen LogP contribution in [0.3, 0.4) is 0 Å². The molecule has 0 fully saturated rings. The topological polar surface area (TPSA) is 75.7 Å². The molecule has 0 bridgehead atoms. The van der Waals surface area contributed by atoms with Crippen molar-refractivity contribution < 1.29 is 17.9 Å². The van der Waals surface area contributed by atoms with Gasteiger partial charge in [0, 0.05) is 18.4 Å². The van der Waals surface area contributed by atoms with Gasteiger partial charge < -0.3 is 4.74 Å². The molecule has 0 saturated carbocycles. The monoisotopic (exact) mass is 302 g/mol. The lowest BCUT2D eigenvalue weighted by atomic mass is 10.3. The van der Waals surface area contributed by atoms with Gasteiger partial charge in [-0.3, -0.25) is 0 Å². The van der Waals surface area contributed by atoms with Crippen molar-refractivity contribution in [1.29, 1.82) is 0 Å². The Kier molecular flexibility index (Phi) is 6.15. The van der Waals surface area contributed by atoms with Crippen molar-refractivity contribution in [3.05, 3.63) is 0 Å². The van der Waals surface area contributed by atoms with Gasteiger partial charge in [-0.2, -0.15) is 12.7 Å². The molecule has 0 aromatic rings. The van der Waals surface area contributed by atoms with Crippen LogP contribution >= 0.6 is 15.9 Å². The highest BCUT2D eigenvalue weighted by atomic mass is 79.9. The second-order valence-corrected chi connectivity index (χ2v) is 6.33. The fourth-order valence-electron chi connectivity index (χ4n) is 0.705. The minimum absolute atomic E-state index is 0.216. The highest BCUT2D eigenvalue weighted by molar-refractivity contribution is 9.09. The summed E-state index contributed by atoms with van der Waals surface area (Å²) in [6.45, 7) is 2.23. The Morgan fingerprint density at radius 1 is 1.60 bits per heavy atom. The summed E-state index contributed by atoms with van der Waals surface area (Å²) in [5.41, 5.74) is 0. The Balaban J connectivity index is 4.27. The van der Waals surface area contributed by atoms with Crippen LogP contribution in [0.4, 0.5) is 4.79 Å². The molecule has 0 heterocycles. The number of halogens is 1. The van der Waals surface area contributed by atoms with Crippen LogP contribution in [0, 0.1) is 0 Å². The van der Waals surface area contributed by atoms with Gasteiger partial charge in [-0.1, -0.05) is 22.9 Å². The molecule has 0 aromatic heterocycles. The number of nitrogens with one attached hydrogen (secondary N) is 1. The lowest BCUT2D eigenvalue weighted by Gasteiger charge is -2.17.